The Morgan fingerprint density at radius 2 is 1.91 bits per heavy atom. The summed E-state index contributed by atoms with van der Waals surface area (Å²) < 4.78 is 25.7. The van der Waals surface area contributed by atoms with Crippen molar-refractivity contribution in [1.82, 2.24) is 10.2 Å². The van der Waals surface area contributed by atoms with Crippen LogP contribution in [0.4, 0.5) is 8.78 Å². The van der Waals surface area contributed by atoms with E-state index in [0.717, 1.165) is 13.0 Å². The molecule has 2 unspecified atom stereocenters. The molecule has 2 saturated carbocycles. The zero-order chi connectivity index (χ0) is 16.3. The van der Waals surface area contributed by atoms with Gasteiger partial charge in [0.1, 0.15) is 0 Å². The Kier molecular flexibility index (Phi) is 3.76. The molecule has 1 saturated heterocycles. The van der Waals surface area contributed by atoms with Gasteiger partial charge in [0.2, 0.25) is 11.8 Å². The van der Waals surface area contributed by atoms with Gasteiger partial charge in [-0.15, -0.1) is 0 Å². The Bertz CT molecular complexity index is 458. The van der Waals surface area contributed by atoms with Crippen molar-refractivity contribution in [2.24, 2.45) is 17.3 Å². The van der Waals surface area contributed by atoms with E-state index in [0.29, 0.717) is 18.4 Å². The van der Waals surface area contributed by atoms with E-state index < -0.39 is 17.9 Å². The van der Waals surface area contributed by atoms with Crippen LogP contribution in [-0.2, 0) is 4.79 Å². The van der Waals surface area contributed by atoms with Crippen LogP contribution < -0.4 is 5.32 Å². The maximum Gasteiger partial charge on any atom is 0.249 e. The van der Waals surface area contributed by atoms with Gasteiger partial charge in [-0.2, -0.15) is 0 Å². The maximum atomic E-state index is 12.9. The number of aliphatic hydroxyl groups excluding tert-OH is 1. The summed E-state index contributed by atoms with van der Waals surface area (Å²) in [7, 11) is 2.09. The number of nitrogens with one attached hydrogen (secondary N) is 1. The van der Waals surface area contributed by atoms with Crippen LogP contribution >= 0.6 is 0 Å². The van der Waals surface area contributed by atoms with E-state index in [1.807, 2.05) is 0 Å². The molecule has 0 radical (unpaired) electrons. The maximum absolute atomic E-state index is 12.9. The molecule has 1 heterocycles. The zero-order valence-corrected chi connectivity index (χ0v) is 13.5. The van der Waals surface area contributed by atoms with Gasteiger partial charge in [0.25, 0.3) is 0 Å². The summed E-state index contributed by atoms with van der Waals surface area (Å²) in [5, 5.41) is 13.1. The number of alkyl halides is 2. The van der Waals surface area contributed by atoms with Crippen LogP contribution in [0.5, 0.6) is 0 Å². The molecular formula is C16H26F2N2O2. The van der Waals surface area contributed by atoms with E-state index in [4.69, 9.17) is 0 Å². The van der Waals surface area contributed by atoms with E-state index in [-0.39, 0.29) is 30.2 Å². The largest absolute Gasteiger partial charge is 0.391 e. The molecule has 2 aliphatic carbocycles. The van der Waals surface area contributed by atoms with Crippen LogP contribution in [0.3, 0.4) is 0 Å². The second-order valence-electron chi connectivity index (χ2n) is 8.02. The fourth-order valence-electron chi connectivity index (χ4n) is 5.14. The van der Waals surface area contributed by atoms with Crippen molar-refractivity contribution in [3.8, 4) is 0 Å². The summed E-state index contributed by atoms with van der Waals surface area (Å²) in [5.41, 5.74) is 0.0594. The molecular weight excluding hydrogens is 290 g/mol. The van der Waals surface area contributed by atoms with Crippen LogP contribution in [0, 0.1) is 17.3 Å². The summed E-state index contributed by atoms with van der Waals surface area (Å²) in [6.07, 6.45) is 0.149. The Morgan fingerprint density at radius 3 is 2.41 bits per heavy atom. The number of hydrogen-bond acceptors (Lipinski definition) is 3. The molecule has 4 nitrogen and oxygen atoms in total. The third-order valence-corrected chi connectivity index (χ3v) is 5.79. The Balaban J connectivity index is 1.59. The molecule has 3 aliphatic rings. The van der Waals surface area contributed by atoms with Crippen molar-refractivity contribution in [3.63, 3.8) is 0 Å². The molecule has 0 bridgehead atoms. The number of nitrogens with zero attached hydrogens (tertiary/aromatic N) is 1. The van der Waals surface area contributed by atoms with Crippen LogP contribution in [0.15, 0.2) is 0 Å². The van der Waals surface area contributed by atoms with Crippen LogP contribution in [-0.4, -0.2) is 53.6 Å². The van der Waals surface area contributed by atoms with Crippen LogP contribution in [0.2, 0.25) is 0 Å². The third kappa shape index (κ3) is 2.54. The zero-order valence-electron chi connectivity index (χ0n) is 13.5. The first-order valence-electron chi connectivity index (χ1n) is 8.20. The number of aliphatic hydroxyl groups is 1. The van der Waals surface area contributed by atoms with Crippen molar-refractivity contribution in [2.75, 3.05) is 13.6 Å². The molecule has 0 aromatic heterocycles. The number of amides is 1. The predicted molar refractivity (Wildman–Crippen MR) is 78.5 cm³/mol. The first-order valence-corrected chi connectivity index (χ1v) is 8.20. The number of hydrogen-bond donors (Lipinski definition) is 2. The molecule has 3 rings (SSSR count). The topological polar surface area (TPSA) is 52.6 Å². The minimum Gasteiger partial charge on any atom is -0.391 e. The highest BCUT2D eigenvalue weighted by Gasteiger charge is 2.58. The third-order valence-electron chi connectivity index (χ3n) is 5.79. The van der Waals surface area contributed by atoms with Gasteiger partial charge in [0.15, 0.2) is 0 Å². The van der Waals surface area contributed by atoms with Crippen LogP contribution in [0.25, 0.3) is 0 Å². The molecule has 0 aromatic carbocycles. The van der Waals surface area contributed by atoms with Gasteiger partial charge in [0, 0.05) is 36.8 Å². The molecule has 126 valence electrons. The highest BCUT2D eigenvalue weighted by atomic mass is 19.3. The fourth-order valence-corrected chi connectivity index (χ4v) is 5.14. The first kappa shape index (κ1) is 16.1. The van der Waals surface area contributed by atoms with Gasteiger partial charge in [-0.1, -0.05) is 13.8 Å². The summed E-state index contributed by atoms with van der Waals surface area (Å²) in [4.78, 5) is 14.3. The van der Waals surface area contributed by atoms with Crippen molar-refractivity contribution in [3.05, 3.63) is 0 Å². The normalized spacial score (nSPS) is 41.5. The van der Waals surface area contributed by atoms with Gasteiger partial charge in [-0.25, -0.2) is 8.78 Å². The molecule has 6 heteroatoms. The molecule has 1 spiro atoms. The highest BCUT2D eigenvalue weighted by Crippen LogP contribution is 2.52. The number of likely N-dealkylation sites (tertiary alicyclic amines) is 1. The van der Waals surface area contributed by atoms with Crippen LogP contribution in [0.1, 0.15) is 39.5 Å². The molecule has 3 fully saturated rings. The van der Waals surface area contributed by atoms with E-state index in [1.165, 1.54) is 0 Å². The van der Waals surface area contributed by atoms with Gasteiger partial charge in [0.05, 0.1) is 12.1 Å². The SMILES string of the molecule is CC(C)C1N(C)CC12C[C@@H](O)[C@H](NC(=O)C1CC(F)(F)C1)C2. The lowest BCUT2D eigenvalue weighted by atomic mass is 9.66. The van der Waals surface area contributed by atoms with E-state index in [9.17, 15) is 18.7 Å². The number of rotatable bonds is 3. The molecule has 1 aliphatic heterocycles. The van der Waals surface area contributed by atoms with E-state index >= 15 is 0 Å². The standard InChI is InChI=1S/C16H26F2N2O2/c1-9(2)13-15(8-20(13)3)6-11(12(21)7-15)19-14(22)10-4-16(17,18)5-10/h9-13,21H,4-8H2,1-3H3,(H,19,22)/t11-,12-,13?,15?/m1/s1. The highest BCUT2D eigenvalue weighted by molar-refractivity contribution is 5.80. The lowest BCUT2D eigenvalue weighted by Gasteiger charge is -2.57. The van der Waals surface area contributed by atoms with Crippen molar-refractivity contribution in [1.29, 1.82) is 0 Å². The number of halogens is 2. The summed E-state index contributed by atoms with van der Waals surface area (Å²) in [6.45, 7) is 5.29. The predicted octanol–water partition coefficient (Wildman–Crippen LogP) is 1.63. The number of carbonyl (C=O) groups is 1. The smallest absolute Gasteiger partial charge is 0.249 e. The summed E-state index contributed by atoms with van der Waals surface area (Å²) in [6, 6.07) is 0.119. The Hall–Kier alpha value is -0.750. The van der Waals surface area contributed by atoms with Gasteiger partial charge in [-0.05, 0) is 25.8 Å². The molecule has 22 heavy (non-hydrogen) atoms. The first-order chi connectivity index (χ1) is 10.1. The lowest BCUT2D eigenvalue weighted by molar-refractivity contribution is -0.151. The Morgan fingerprint density at radius 1 is 1.27 bits per heavy atom. The summed E-state index contributed by atoms with van der Waals surface area (Å²) in [5.74, 6) is -3.10. The fraction of sp³-hybridized carbons (Fsp3) is 0.938. The van der Waals surface area contributed by atoms with E-state index in [2.05, 4.69) is 31.1 Å². The molecule has 4 atom stereocenters. The summed E-state index contributed by atoms with van der Waals surface area (Å²) >= 11 is 0. The van der Waals surface area contributed by atoms with Gasteiger partial charge >= 0.3 is 0 Å². The van der Waals surface area contributed by atoms with Gasteiger partial charge in [-0.3, -0.25) is 4.79 Å². The second kappa shape index (κ2) is 5.13. The molecule has 1 amide bonds. The average molecular weight is 316 g/mol. The molecule has 0 aromatic rings. The van der Waals surface area contributed by atoms with Crippen molar-refractivity contribution in [2.45, 2.75) is 63.6 Å². The average Bonchev–Trinajstić information content (AvgIpc) is 2.63. The van der Waals surface area contributed by atoms with Crippen molar-refractivity contribution >= 4 is 5.91 Å². The van der Waals surface area contributed by atoms with Crippen molar-refractivity contribution < 1.29 is 18.7 Å². The van der Waals surface area contributed by atoms with Gasteiger partial charge < -0.3 is 15.3 Å². The second-order valence-corrected chi connectivity index (χ2v) is 8.02. The molecule has 2 N–H and O–H groups in total. The quantitative estimate of drug-likeness (QED) is 0.832. The lowest BCUT2D eigenvalue weighted by Crippen LogP contribution is -2.64. The Labute approximate surface area is 130 Å². The number of carbonyl (C=O) groups excluding carboxylic acids is 1. The minimum absolute atomic E-state index is 0.0594. The minimum atomic E-state index is -2.68. The van der Waals surface area contributed by atoms with E-state index in [1.54, 1.807) is 0 Å². The monoisotopic (exact) mass is 316 g/mol.